The van der Waals surface area contributed by atoms with E-state index in [0.717, 1.165) is 22.9 Å². The predicted molar refractivity (Wildman–Crippen MR) is 135 cm³/mol. The third kappa shape index (κ3) is 5.87. The third-order valence-electron chi connectivity index (χ3n) is 6.83. The highest BCUT2D eigenvalue weighted by molar-refractivity contribution is 5.95. The zero-order chi connectivity index (χ0) is 27.1. The van der Waals surface area contributed by atoms with Crippen LogP contribution in [0.4, 0.5) is 4.79 Å². The Morgan fingerprint density at radius 2 is 1.89 bits per heavy atom. The van der Waals surface area contributed by atoms with Crippen molar-refractivity contribution in [1.29, 1.82) is 0 Å². The van der Waals surface area contributed by atoms with E-state index >= 15 is 0 Å². The SMILES string of the molecule is C[C@@H](O)[C@H](NC(=O)[C@H](Cc1c[nH]c2ccccc12)NC(=O)C1CC2CC2N1C(=O)OC(C)(C)C)C(N)=O. The number of carbonyl (C=O) groups excluding carboxylic acids is 4. The first-order valence-corrected chi connectivity index (χ1v) is 12.5. The van der Waals surface area contributed by atoms with Gasteiger partial charge in [0.2, 0.25) is 17.7 Å². The molecule has 2 aliphatic rings. The number of aliphatic hydroxyl groups is 1. The standard InChI is InChI=1S/C26H35N5O6/c1-13(32)21(22(27)33)30-23(34)18(9-15-12-28-17-8-6-5-7-16(15)17)29-24(35)20-11-14-10-19(14)31(20)25(36)37-26(2,3)4/h5-8,12-14,18-21,28,32H,9-11H2,1-4H3,(H2,27,33)(H,29,35)(H,30,34)/t13-,14?,18+,19?,20?,21+/m1/s1. The number of hydrogen-bond acceptors (Lipinski definition) is 6. The van der Waals surface area contributed by atoms with Gasteiger partial charge in [0.1, 0.15) is 23.7 Å². The molecular weight excluding hydrogens is 478 g/mol. The number of nitrogens with two attached hydrogens (primary N) is 1. The number of para-hydroxylation sites is 1. The molecule has 1 aliphatic heterocycles. The average Bonchev–Trinajstić information content (AvgIpc) is 3.27. The second kappa shape index (κ2) is 10.0. The fourth-order valence-electron chi connectivity index (χ4n) is 4.95. The van der Waals surface area contributed by atoms with Crippen molar-refractivity contribution in [2.24, 2.45) is 11.7 Å². The maximum Gasteiger partial charge on any atom is 0.411 e. The van der Waals surface area contributed by atoms with E-state index in [9.17, 15) is 24.3 Å². The van der Waals surface area contributed by atoms with Crippen LogP contribution in [0.25, 0.3) is 10.9 Å². The van der Waals surface area contributed by atoms with Crippen LogP contribution in [0.5, 0.6) is 0 Å². The highest BCUT2D eigenvalue weighted by Crippen LogP contribution is 2.48. The van der Waals surface area contributed by atoms with Crippen molar-refractivity contribution in [2.75, 3.05) is 0 Å². The van der Waals surface area contributed by atoms with Crippen LogP contribution in [0.2, 0.25) is 0 Å². The van der Waals surface area contributed by atoms with Crippen LogP contribution in [0.1, 0.15) is 46.1 Å². The van der Waals surface area contributed by atoms with E-state index in [4.69, 9.17) is 10.5 Å². The number of amides is 4. The summed E-state index contributed by atoms with van der Waals surface area (Å²) in [6.45, 7) is 6.63. The van der Waals surface area contributed by atoms with Crippen molar-refractivity contribution in [3.63, 3.8) is 0 Å². The van der Waals surface area contributed by atoms with Gasteiger partial charge in [-0.15, -0.1) is 0 Å². The normalized spacial score (nSPS) is 23.1. The lowest BCUT2D eigenvalue weighted by Crippen LogP contribution is -2.59. The first-order valence-electron chi connectivity index (χ1n) is 12.5. The lowest BCUT2D eigenvalue weighted by atomic mass is 10.0. The van der Waals surface area contributed by atoms with Crippen LogP contribution < -0.4 is 16.4 Å². The van der Waals surface area contributed by atoms with Gasteiger partial charge in [-0.1, -0.05) is 18.2 Å². The summed E-state index contributed by atoms with van der Waals surface area (Å²) in [4.78, 5) is 56.1. The lowest BCUT2D eigenvalue weighted by molar-refractivity contribution is -0.134. The summed E-state index contributed by atoms with van der Waals surface area (Å²) in [5.41, 5.74) is 6.29. The molecule has 0 spiro atoms. The Kier molecular flexibility index (Phi) is 7.18. The van der Waals surface area contributed by atoms with E-state index in [1.54, 1.807) is 27.0 Å². The van der Waals surface area contributed by atoms with Gasteiger partial charge >= 0.3 is 6.09 Å². The molecule has 2 fully saturated rings. The number of nitrogens with zero attached hydrogens (tertiary/aromatic N) is 1. The van der Waals surface area contributed by atoms with Crippen molar-refractivity contribution in [3.8, 4) is 0 Å². The van der Waals surface area contributed by atoms with E-state index in [1.165, 1.54) is 11.8 Å². The number of rotatable bonds is 8. The molecule has 6 N–H and O–H groups in total. The molecule has 3 unspecified atom stereocenters. The minimum atomic E-state index is -1.33. The first-order chi connectivity index (χ1) is 17.4. The highest BCUT2D eigenvalue weighted by Gasteiger charge is 2.57. The number of hydrogen-bond donors (Lipinski definition) is 5. The highest BCUT2D eigenvalue weighted by atomic mass is 16.6. The number of likely N-dealkylation sites (tertiary alicyclic amines) is 1. The number of piperidine rings is 1. The molecular formula is C26H35N5O6. The Labute approximate surface area is 215 Å². The largest absolute Gasteiger partial charge is 0.444 e. The number of aromatic nitrogens is 1. The molecule has 1 saturated heterocycles. The summed E-state index contributed by atoms with van der Waals surface area (Å²) in [5, 5.41) is 16.1. The monoisotopic (exact) mass is 513 g/mol. The van der Waals surface area contributed by atoms with Gasteiger partial charge in [-0.3, -0.25) is 19.3 Å². The average molecular weight is 514 g/mol. The quantitative estimate of drug-likeness (QED) is 0.352. The molecule has 200 valence electrons. The van der Waals surface area contributed by atoms with Crippen LogP contribution in [0.3, 0.4) is 0 Å². The van der Waals surface area contributed by atoms with Gasteiger partial charge in [0, 0.05) is 29.6 Å². The second-order valence-electron chi connectivity index (χ2n) is 11.0. The fourth-order valence-corrected chi connectivity index (χ4v) is 4.95. The number of aliphatic hydroxyl groups excluding tert-OH is 1. The molecule has 1 aromatic heterocycles. The summed E-state index contributed by atoms with van der Waals surface area (Å²) < 4.78 is 5.53. The zero-order valence-corrected chi connectivity index (χ0v) is 21.5. The molecule has 1 aromatic carbocycles. The molecule has 0 radical (unpaired) electrons. The van der Waals surface area contributed by atoms with Gasteiger partial charge in [0.25, 0.3) is 0 Å². The van der Waals surface area contributed by atoms with Crippen molar-refractivity contribution in [1.82, 2.24) is 20.5 Å². The molecule has 2 heterocycles. The van der Waals surface area contributed by atoms with Gasteiger partial charge in [-0.05, 0) is 58.1 Å². The fraction of sp³-hybridized carbons (Fsp3) is 0.538. The number of nitrogens with one attached hydrogen (secondary N) is 3. The molecule has 11 heteroatoms. The zero-order valence-electron chi connectivity index (χ0n) is 21.5. The summed E-state index contributed by atoms with van der Waals surface area (Å²) in [5.74, 6) is -1.83. The van der Waals surface area contributed by atoms with Crippen LogP contribution in [-0.4, -0.2) is 74.7 Å². The Morgan fingerprint density at radius 3 is 2.54 bits per heavy atom. The molecule has 1 aliphatic carbocycles. The van der Waals surface area contributed by atoms with E-state index in [-0.39, 0.29) is 18.4 Å². The number of aromatic amines is 1. The minimum absolute atomic E-state index is 0.0547. The van der Waals surface area contributed by atoms with Gasteiger partial charge in [-0.25, -0.2) is 4.79 Å². The number of H-pyrrole nitrogens is 1. The number of carbonyl (C=O) groups is 4. The van der Waals surface area contributed by atoms with Crippen molar-refractivity contribution >= 4 is 34.7 Å². The van der Waals surface area contributed by atoms with Gasteiger partial charge in [0.15, 0.2) is 0 Å². The Balaban J connectivity index is 1.56. The summed E-state index contributed by atoms with van der Waals surface area (Å²) in [6, 6.07) is 4.29. The smallest absolute Gasteiger partial charge is 0.411 e. The van der Waals surface area contributed by atoms with Gasteiger partial charge in [0.05, 0.1) is 6.10 Å². The molecule has 0 bridgehead atoms. The predicted octanol–water partition coefficient (Wildman–Crippen LogP) is 0.944. The molecule has 2 aromatic rings. The van der Waals surface area contributed by atoms with E-state index in [2.05, 4.69) is 15.6 Å². The molecule has 4 amide bonds. The minimum Gasteiger partial charge on any atom is -0.444 e. The molecule has 6 atom stereocenters. The summed E-state index contributed by atoms with van der Waals surface area (Å²) in [7, 11) is 0. The molecule has 4 rings (SSSR count). The van der Waals surface area contributed by atoms with Crippen LogP contribution in [0.15, 0.2) is 30.5 Å². The molecule has 11 nitrogen and oxygen atoms in total. The van der Waals surface area contributed by atoms with Crippen LogP contribution >= 0.6 is 0 Å². The summed E-state index contributed by atoms with van der Waals surface area (Å²) in [6.07, 6.45) is 1.38. The number of fused-ring (bicyclic) bond motifs is 2. The Morgan fingerprint density at radius 1 is 1.19 bits per heavy atom. The number of ether oxygens (including phenoxy) is 1. The van der Waals surface area contributed by atoms with Gasteiger partial charge < -0.3 is 31.2 Å². The Hall–Kier alpha value is -3.60. The van der Waals surface area contributed by atoms with E-state index < -0.39 is 53.6 Å². The maximum atomic E-state index is 13.5. The van der Waals surface area contributed by atoms with Crippen molar-refractivity contribution in [3.05, 3.63) is 36.0 Å². The van der Waals surface area contributed by atoms with Crippen LogP contribution in [0, 0.1) is 5.92 Å². The van der Waals surface area contributed by atoms with Crippen molar-refractivity contribution < 1.29 is 29.0 Å². The maximum absolute atomic E-state index is 13.5. The topological polar surface area (TPSA) is 167 Å². The van der Waals surface area contributed by atoms with Crippen molar-refractivity contribution in [2.45, 2.75) is 82.8 Å². The Bertz CT molecular complexity index is 1200. The second-order valence-corrected chi connectivity index (χ2v) is 11.0. The molecule has 1 saturated carbocycles. The first kappa shape index (κ1) is 26.5. The van der Waals surface area contributed by atoms with E-state index in [1.807, 2.05) is 24.3 Å². The number of primary amides is 1. The van der Waals surface area contributed by atoms with Crippen LogP contribution in [-0.2, 0) is 25.5 Å². The van der Waals surface area contributed by atoms with Gasteiger partial charge in [-0.2, -0.15) is 0 Å². The lowest BCUT2D eigenvalue weighted by Gasteiger charge is -2.31. The third-order valence-corrected chi connectivity index (χ3v) is 6.83. The number of benzene rings is 1. The van der Waals surface area contributed by atoms with E-state index in [0.29, 0.717) is 6.42 Å². The molecule has 37 heavy (non-hydrogen) atoms. The summed E-state index contributed by atoms with van der Waals surface area (Å²) >= 11 is 0.